The molecule has 0 saturated carbocycles. The van der Waals surface area contributed by atoms with E-state index in [4.69, 9.17) is 9.47 Å². The Balaban J connectivity index is 1.55. The number of methoxy groups -OCH3 is 2. The number of ketones is 1. The monoisotopic (exact) mass is 509 g/mol. The molecule has 1 aliphatic heterocycles. The van der Waals surface area contributed by atoms with Gasteiger partial charge in [0.25, 0.3) is 11.7 Å². The average Bonchev–Trinajstić information content (AvgIpc) is 3.20. The van der Waals surface area contributed by atoms with Gasteiger partial charge < -0.3 is 24.6 Å². The SMILES string of the molecule is COc1ccc(CCN2C(=O)C(=O)/C(=C(\O)c3ccc4ccccc4c3)C2c2ccc(O)cc2)cc1OC. The number of phenolic OH excluding ortho intramolecular Hbond substituents is 1. The van der Waals surface area contributed by atoms with Gasteiger partial charge in [-0.25, -0.2) is 0 Å². The molecule has 1 aliphatic rings. The molecule has 0 radical (unpaired) electrons. The molecule has 1 amide bonds. The van der Waals surface area contributed by atoms with Crippen LogP contribution in [0.5, 0.6) is 17.2 Å². The van der Waals surface area contributed by atoms with Crippen LogP contribution in [0.15, 0.2) is 90.5 Å². The van der Waals surface area contributed by atoms with Crippen LogP contribution in [0.3, 0.4) is 0 Å². The van der Waals surface area contributed by atoms with Crippen molar-refractivity contribution >= 4 is 28.2 Å². The summed E-state index contributed by atoms with van der Waals surface area (Å²) in [7, 11) is 3.11. The molecule has 4 aromatic rings. The van der Waals surface area contributed by atoms with Gasteiger partial charge in [-0.3, -0.25) is 9.59 Å². The lowest BCUT2D eigenvalue weighted by Gasteiger charge is -2.25. The van der Waals surface area contributed by atoms with Gasteiger partial charge in [0.05, 0.1) is 25.8 Å². The molecule has 1 atom stereocenters. The second kappa shape index (κ2) is 10.3. The largest absolute Gasteiger partial charge is 0.508 e. The van der Waals surface area contributed by atoms with Gasteiger partial charge in [-0.05, 0) is 58.7 Å². The van der Waals surface area contributed by atoms with Gasteiger partial charge >= 0.3 is 0 Å². The molecule has 0 bridgehead atoms. The highest BCUT2D eigenvalue weighted by atomic mass is 16.5. The number of hydrogen-bond donors (Lipinski definition) is 2. The Labute approximate surface area is 220 Å². The first-order valence-corrected chi connectivity index (χ1v) is 12.2. The molecule has 1 saturated heterocycles. The van der Waals surface area contributed by atoms with Crippen molar-refractivity contribution in [3.63, 3.8) is 0 Å². The number of rotatable bonds is 7. The number of carbonyl (C=O) groups excluding carboxylic acids is 2. The molecule has 1 fully saturated rings. The van der Waals surface area contributed by atoms with Crippen molar-refractivity contribution in [2.75, 3.05) is 20.8 Å². The fourth-order valence-corrected chi connectivity index (χ4v) is 4.89. The Hall–Kier alpha value is -4.78. The summed E-state index contributed by atoms with van der Waals surface area (Å²) < 4.78 is 10.7. The molecule has 1 unspecified atom stereocenters. The topological polar surface area (TPSA) is 96.3 Å². The minimum Gasteiger partial charge on any atom is -0.508 e. The quantitative estimate of drug-likeness (QED) is 0.201. The van der Waals surface area contributed by atoms with E-state index in [1.165, 1.54) is 17.0 Å². The van der Waals surface area contributed by atoms with Crippen LogP contribution in [-0.2, 0) is 16.0 Å². The molecule has 1 heterocycles. The maximum absolute atomic E-state index is 13.3. The zero-order valence-corrected chi connectivity index (χ0v) is 21.0. The molecular weight excluding hydrogens is 482 g/mol. The molecular formula is C31H27NO6. The van der Waals surface area contributed by atoms with E-state index in [0.29, 0.717) is 29.0 Å². The average molecular weight is 510 g/mol. The zero-order chi connectivity index (χ0) is 26.8. The third kappa shape index (κ3) is 4.54. The molecule has 0 aliphatic carbocycles. The van der Waals surface area contributed by atoms with Gasteiger partial charge in [-0.15, -0.1) is 0 Å². The first-order valence-electron chi connectivity index (χ1n) is 12.2. The highest BCUT2D eigenvalue weighted by Gasteiger charge is 2.45. The number of Topliss-reactive ketones (excluding diaryl/α,β-unsaturated/α-hetero) is 1. The standard InChI is InChI=1S/C31H27NO6/c1-37-25-14-7-19(17-26(25)38-2)15-16-32-28(21-10-12-24(33)13-11-21)27(30(35)31(32)36)29(34)23-9-8-20-5-3-4-6-22(20)18-23/h3-14,17-18,28,33-34H,15-16H2,1-2H3/b29-27-. The number of amides is 1. The highest BCUT2D eigenvalue weighted by molar-refractivity contribution is 6.46. The van der Waals surface area contributed by atoms with Gasteiger partial charge in [0.2, 0.25) is 0 Å². The fourth-order valence-electron chi connectivity index (χ4n) is 4.89. The van der Waals surface area contributed by atoms with Gasteiger partial charge in [0.15, 0.2) is 11.5 Å². The van der Waals surface area contributed by atoms with Crippen LogP contribution in [-0.4, -0.2) is 47.6 Å². The Kier molecular flexibility index (Phi) is 6.75. The van der Waals surface area contributed by atoms with Crippen molar-refractivity contribution in [2.45, 2.75) is 12.5 Å². The van der Waals surface area contributed by atoms with Crippen LogP contribution in [0.2, 0.25) is 0 Å². The van der Waals surface area contributed by atoms with Crippen molar-refractivity contribution in [3.8, 4) is 17.2 Å². The zero-order valence-electron chi connectivity index (χ0n) is 21.0. The lowest BCUT2D eigenvalue weighted by Crippen LogP contribution is -2.31. The summed E-state index contributed by atoms with van der Waals surface area (Å²) in [4.78, 5) is 28.1. The van der Waals surface area contributed by atoms with Crippen molar-refractivity contribution in [3.05, 3.63) is 107 Å². The Morgan fingerprint density at radius 3 is 2.26 bits per heavy atom. The molecule has 5 rings (SSSR count). The lowest BCUT2D eigenvalue weighted by atomic mass is 9.94. The predicted octanol–water partition coefficient (Wildman–Crippen LogP) is 5.23. The second-order valence-electron chi connectivity index (χ2n) is 9.09. The van der Waals surface area contributed by atoms with E-state index in [9.17, 15) is 19.8 Å². The van der Waals surface area contributed by atoms with Crippen LogP contribution < -0.4 is 9.47 Å². The maximum Gasteiger partial charge on any atom is 0.295 e. The minimum absolute atomic E-state index is 0.0169. The highest BCUT2D eigenvalue weighted by Crippen LogP contribution is 2.40. The summed E-state index contributed by atoms with van der Waals surface area (Å²) in [5, 5.41) is 23.1. The smallest absolute Gasteiger partial charge is 0.295 e. The molecule has 0 aromatic heterocycles. The number of hydrogen-bond acceptors (Lipinski definition) is 6. The number of carbonyl (C=O) groups is 2. The lowest BCUT2D eigenvalue weighted by molar-refractivity contribution is -0.139. The van der Waals surface area contributed by atoms with Crippen LogP contribution >= 0.6 is 0 Å². The predicted molar refractivity (Wildman–Crippen MR) is 144 cm³/mol. The van der Waals surface area contributed by atoms with Gasteiger partial charge in [-0.1, -0.05) is 54.6 Å². The third-order valence-corrected chi connectivity index (χ3v) is 6.86. The number of nitrogens with zero attached hydrogens (tertiary/aromatic N) is 1. The third-order valence-electron chi connectivity index (χ3n) is 6.86. The van der Waals surface area contributed by atoms with E-state index < -0.39 is 17.7 Å². The molecule has 4 aromatic carbocycles. The number of ether oxygens (including phenoxy) is 2. The normalized spacial score (nSPS) is 16.7. The van der Waals surface area contributed by atoms with Crippen LogP contribution in [0, 0.1) is 0 Å². The Morgan fingerprint density at radius 2 is 1.55 bits per heavy atom. The number of phenols is 1. The summed E-state index contributed by atoms with van der Waals surface area (Å²) in [6.45, 7) is 0.222. The molecule has 0 spiro atoms. The van der Waals surface area contributed by atoms with Crippen LogP contribution in [0.4, 0.5) is 0 Å². The first-order chi connectivity index (χ1) is 18.4. The number of aromatic hydroxyl groups is 1. The van der Waals surface area contributed by atoms with E-state index in [1.54, 1.807) is 44.6 Å². The van der Waals surface area contributed by atoms with Crippen LogP contribution in [0.1, 0.15) is 22.7 Å². The summed E-state index contributed by atoms with van der Waals surface area (Å²) in [5.41, 5.74) is 1.97. The molecule has 7 heteroatoms. The van der Waals surface area contributed by atoms with Gasteiger partial charge in [-0.2, -0.15) is 0 Å². The summed E-state index contributed by atoms with van der Waals surface area (Å²) >= 11 is 0. The van der Waals surface area contributed by atoms with E-state index in [-0.39, 0.29) is 23.6 Å². The summed E-state index contributed by atoms with van der Waals surface area (Å²) in [6.07, 6.45) is 0.442. The number of aliphatic hydroxyl groups is 1. The number of benzene rings is 4. The molecule has 7 nitrogen and oxygen atoms in total. The van der Waals surface area contributed by atoms with Crippen molar-refractivity contribution in [1.82, 2.24) is 4.90 Å². The van der Waals surface area contributed by atoms with Crippen molar-refractivity contribution in [1.29, 1.82) is 0 Å². The molecule has 192 valence electrons. The Bertz CT molecular complexity index is 1560. The van der Waals surface area contributed by atoms with E-state index >= 15 is 0 Å². The van der Waals surface area contributed by atoms with Gasteiger partial charge in [0, 0.05) is 12.1 Å². The summed E-state index contributed by atoms with van der Waals surface area (Å²) in [5.74, 6) is -0.451. The molecule has 38 heavy (non-hydrogen) atoms. The van der Waals surface area contributed by atoms with E-state index in [1.807, 2.05) is 42.5 Å². The number of fused-ring (bicyclic) bond motifs is 1. The summed E-state index contributed by atoms with van der Waals surface area (Å²) in [6, 6.07) is 24.1. The second-order valence-corrected chi connectivity index (χ2v) is 9.09. The van der Waals surface area contributed by atoms with E-state index in [0.717, 1.165) is 16.3 Å². The maximum atomic E-state index is 13.3. The van der Waals surface area contributed by atoms with Crippen molar-refractivity contribution < 1.29 is 29.3 Å². The molecule has 2 N–H and O–H groups in total. The van der Waals surface area contributed by atoms with Gasteiger partial charge in [0.1, 0.15) is 11.5 Å². The van der Waals surface area contributed by atoms with Crippen molar-refractivity contribution in [2.24, 2.45) is 0 Å². The van der Waals surface area contributed by atoms with Crippen LogP contribution in [0.25, 0.3) is 16.5 Å². The minimum atomic E-state index is -0.817. The van der Waals surface area contributed by atoms with E-state index in [2.05, 4.69) is 0 Å². The fraction of sp³-hybridized carbons (Fsp3) is 0.161. The Morgan fingerprint density at radius 1 is 0.842 bits per heavy atom. The number of aliphatic hydroxyl groups excluding tert-OH is 1. The first kappa shape index (κ1) is 24.9. The number of likely N-dealkylation sites (tertiary alicyclic amines) is 1.